The van der Waals surface area contributed by atoms with Crippen molar-refractivity contribution >= 4 is 11.8 Å². The molecule has 2 heterocycles. The number of aryl methyl sites for hydroxylation is 1. The maximum atomic E-state index is 5.55. The SMILES string of the molecule is Cc1cc(CN)nc(Sc2ncccn2)n1. The lowest BCUT2D eigenvalue weighted by molar-refractivity contribution is 0.847. The van der Waals surface area contributed by atoms with E-state index in [-0.39, 0.29) is 0 Å². The van der Waals surface area contributed by atoms with Crippen LogP contribution < -0.4 is 5.73 Å². The standard InChI is InChI=1S/C10H11N5S/c1-7-5-8(6-11)15-10(14-7)16-9-12-3-2-4-13-9/h2-5H,6,11H2,1H3. The summed E-state index contributed by atoms with van der Waals surface area (Å²) in [6.45, 7) is 2.32. The van der Waals surface area contributed by atoms with Crippen molar-refractivity contribution in [3.05, 3.63) is 35.9 Å². The predicted molar refractivity (Wildman–Crippen MR) is 60.8 cm³/mol. The molecular formula is C10H11N5S. The summed E-state index contributed by atoms with van der Waals surface area (Å²) in [7, 11) is 0. The van der Waals surface area contributed by atoms with Crippen LogP contribution in [0.3, 0.4) is 0 Å². The summed E-state index contributed by atoms with van der Waals surface area (Å²) in [4.78, 5) is 16.8. The Balaban J connectivity index is 2.24. The van der Waals surface area contributed by atoms with Crippen LogP contribution in [-0.2, 0) is 6.54 Å². The van der Waals surface area contributed by atoms with Gasteiger partial charge in [-0.1, -0.05) is 0 Å². The third-order valence-corrected chi connectivity index (χ3v) is 2.58. The van der Waals surface area contributed by atoms with Gasteiger partial charge in [0.25, 0.3) is 0 Å². The Hall–Kier alpha value is -1.53. The molecule has 0 bridgehead atoms. The Morgan fingerprint density at radius 3 is 2.62 bits per heavy atom. The Kier molecular flexibility index (Phi) is 3.43. The summed E-state index contributed by atoms with van der Waals surface area (Å²) in [6, 6.07) is 3.64. The minimum atomic E-state index is 0.409. The Morgan fingerprint density at radius 1 is 1.19 bits per heavy atom. The molecule has 82 valence electrons. The van der Waals surface area contributed by atoms with Gasteiger partial charge in [0.15, 0.2) is 10.3 Å². The molecule has 0 atom stereocenters. The first kappa shape index (κ1) is 11.0. The number of aromatic nitrogens is 4. The van der Waals surface area contributed by atoms with Crippen molar-refractivity contribution in [2.45, 2.75) is 23.8 Å². The van der Waals surface area contributed by atoms with Crippen LogP contribution in [0.15, 0.2) is 34.8 Å². The van der Waals surface area contributed by atoms with E-state index in [0.29, 0.717) is 16.9 Å². The van der Waals surface area contributed by atoms with Crippen LogP contribution in [0.4, 0.5) is 0 Å². The van der Waals surface area contributed by atoms with Gasteiger partial charge < -0.3 is 5.73 Å². The van der Waals surface area contributed by atoms with Crippen LogP contribution in [-0.4, -0.2) is 19.9 Å². The van der Waals surface area contributed by atoms with E-state index in [0.717, 1.165) is 11.4 Å². The topological polar surface area (TPSA) is 77.6 Å². The average molecular weight is 233 g/mol. The van der Waals surface area contributed by atoms with Crippen molar-refractivity contribution in [1.29, 1.82) is 0 Å². The van der Waals surface area contributed by atoms with E-state index >= 15 is 0 Å². The Morgan fingerprint density at radius 2 is 1.94 bits per heavy atom. The summed E-state index contributed by atoms with van der Waals surface area (Å²) in [5.74, 6) is 0. The Bertz CT molecular complexity index is 474. The van der Waals surface area contributed by atoms with Crippen LogP contribution >= 0.6 is 11.8 Å². The van der Waals surface area contributed by atoms with Gasteiger partial charge in [0.2, 0.25) is 0 Å². The highest BCUT2D eigenvalue weighted by molar-refractivity contribution is 7.99. The molecule has 2 rings (SSSR count). The lowest BCUT2D eigenvalue weighted by atomic mass is 10.3. The molecule has 0 unspecified atom stereocenters. The lowest BCUT2D eigenvalue weighted by Crippen LogP contribution is -2.03. The molecule has 0 fully saturated rings. The molecule has 6 heteroatoms. The Labute approximate surface area is 97.6 Å². The highest BCUT2D eigenvalue weighted by Crippen LogP contribution is 2.20. The van der Waals surface area contributed by atoms with Crippen molar-refractivity contribution in [3.8, 4) is 0 Å². The number of rotatable bonds is 3. The first-order valence-corrected chi connectivity index (χ1v) is 5.59. The maximum absolute atomic E-state index is 5.55. The van der Waals surface area contributed by atoms with Gasteiger partial charge >= 0.3 is 0 Å². The van der Waals surface area contributed by atoms with Gasteiger partial charge in [-0.05, 0) is 30.8 Å². The second kappa shape index (κ2) is 5.00. The zero-order valence-electron chi connectivity index (χ0n) is 8.79. The third-order valence-electron chi connectivity index (χ3n) is 1.82. The third kappa shape index (κ3) is 2.74. The average Bonchev–Trinajstić information content (AvgIpc) is 2.29. The maximum Gasteiger partial charge on any atom is 0.195 e. The van der Waals surface area contributed by atoms with Crippen LogP contribution in [0, 0.1) is 6.92 Å². The van der Waals surface area contributed by atoms with Crippen molar-refractivity contribution in [1.82, 2.24) is 19.9 Å². The zero-order chi connectivity index (χ0) is 11.4. The number of nitrogens with zero attached hydrogens (tertiary/aromatic N) is 4. The second-order valence-corrected chi connectivity index (χ2v) is 4.06. The van der Waals surface area contributed by atoms with Crippen LogP contribution in [0.2, 0.25) is 0 Å². The first-order valence-electron chi connectivity index (χ1n) is 4.77. The van der Waals surface area contributed by atoms with Crippen molar-refractivity contribution in [3.63, 3.8) is 0 Å². The van der Waals surface area contributed by atoms with E-state index in [2.05, 4.69) is 19.9 Å². The minimum absolute atomic E-state index is 0.409. The normalized spacial score (nSPS) is 10.4. The monoisotopic (exact) mass is 233 g/mol. The fourth-order valence-electron chi connectivity index (χ4n) is 1.17. The highest BCUT2D eigenvalue weighted by Gasteiger charge is 2.05. The molecule has 0 radical (unpaired) electrons. The molecule has 0 aliphatic rings. The van der Waals surface area contributed by atoms with Gasteiger partial charge in [-0.25, -0.2) is 19.9 Å². The number of nitrogens with two attached hydrogens (primary N) is 1. The molecule has 0 aliphatic heterocycles. The summed E-state index contributed by atoms with van der Waals surface area (Å²) in [5, 5.41) is 1.27. The fourth-order valence-corrected chi connectivity index (χ4v) is 1.92. The second-order valence-electron chi connectivity index (χ2n) is 3.12. The summed E-state index contributed by atoms with van der Waals surface area (Å²) >= 11 is 1.33. The number of hydrogen-bond donors (Lipinski definition) is 1. The molecule has 0 saturated heterocycles. The molecule has 2 aromatic rings. The lowest BCUT2D eigenvalue weighted by Gasteiger charge is -2.02. The first-order chi connectivity index (χ1) is 7.78. The smallest absolute Gasteiger partial charge is 0.195 e. The summed E-state index contributed by atoms with van der Waals surface area (Å²) in [6.07, 6.45) is 3.38. The quantitative estimate of drug-likeness (QED) is 0.802. The van der Waals surface area contributed by atoms with Crippen LogP contribution in [0.5, 0.6) is 0 Å². The van der Waals surface area contributed by atoms with Gasteiger partial charge in [0, 0.05) is 24.6 Å². The zero-order valence-corrected chi connectivity index (χ0v) is 9.61. The minimum Gasteiger partial charge on any atom is -0.325 e. The van der Waals surface area contributed by atoms with Gasteiger partial charge in [-0.3, -0.25) is 0 Å². The van der Waals surface area contributed by atoms with E-state index in [1.165, 1.54) is 11.8 Å². The number of hydrogen-bond acceptors (Lipinski definition) is 6. The predicted octanol–water partition coefficient (Wildman–Crippen LogP) is 1.18. The van der Waals surface area contributed by atoms with E-state index in [4.69, 9.17) is 5.73 Å². The molecule has 2 aromatic heterocycles. The van der Waals surface area contributed by atoms with Crippen LogP contribution in [0.1, 0.15) is 11.4 Å². The van der Waals surface area contributed by atoms with E-state index in [9.17, 15) is 0 Å². The van der Waals surface area contributed by atoms with Crippen LogP contribution in [0.25, 0.3) is 0 Å². The summed E-state index contributed by atoms with van der Waals surface area (Å²) in [5.41, 5.74) is 7.27. The molecule has 0 aliphatic carbocycles. The molecule has 5 nitrogen and oxygen atoms in total. The highest BCUT2D eigenvalue weighted by atomic mass is 32.2. The van der Waals surface area contributed by atoms with Gasteiger partial charge in [0.05, 0.1) is 5.69 Å². The van der Waals surface area contributed by atoms with E-state index in [1.807, 2.05) is 13.0 Å². The largest absolute Gasteiger partial charge is 0.325 e. The fraction of sp³-hybridized carbons (Fsp3) is 0.200. The van der Waals surface area contributed by atoms with Crippen molar-refractivity contribution in [2.75, 3.05) is 0 Å². The molecule has 2 N–H and O–H groups in total. The molecule has 0 spiro atoms. The molecule has 0 aromatic carbocycles. The molecule has 0 amide bonds. The van der Waals surface area contributed by atoms with Gasteiger partial charge in [0.1, 0.15) is 0 Å². The van der Waals surface area contributed by atoms with E-state index in [1.54, 1.807) is 18.5 Å². The van der Waals surface area contributed by atoms with E-state index < -0.39 is 0 Å². The molecule has 16 heavy (non-hydrogen) atoms. The van der Waals surface area contributed by atoms with Crippen molar-refractivity contribution < 1.29 is 0 Å². The van der Waals surface area contributed by atoms with Gasteiger partial charge in [-0.2, -0.15) is 0 Å². The van der Waals surface area contributed by atoms with Gasteiger partial charge in [-0.15, -0.1) is 0 Å². The summed E-state index contributed by atoms with van der Waals surface area (Å²) < 4.78 is 0. The molecule has 0 saturated carbocycles. The molecular weight excluding hydrogens is 222 g/mol. The van der Waals surface area contributed by atoms with Crippen molar-refractivity contribution in [2.24, 2.45) is 5.73 Å².